The maximum absolute atomic E-state index is 12.3. The summed E-state index contributed by atoms with van der Waals surface area (Å²) in [5, 5.41) is 3.05. The van der Waals surface area contributed by atoms with Crippen LogP contribution in [0.3, 0.4) is 0 Å². The van der Waals surface area contributed by atoms with E-state index < -0.39 is 22.0 Å². The molecule has 6 nitrogen and oxygen atoms in total. The fourth-order valence-corrected chi connectivity index (χ4v) is 2.98. The van der Waals surface area contributed by atoms with Gasteiger partial charge >= 0.3 is 5.97 Å². The first-order valence-corrected chi connectivity index (χ1v) is 8.26. The summed E-state index contributed by atoms with van der Waals surface area (Å²) < 4.78 is 31.7. The summed E-state index contributed by atoms with van der Waals surface area (Å²) in [5.41, 5.74) is 0.851. The van der Waals surface area contributed by atoms with Gasteiger partial charge in [-0.25, -0.2) is 8.42 Å². The zero-order valence-electron chi connectivity index (χ0n) is 12.7. The zero-order valence-corrected chi connectivity index (χ0v) is 13.5. The van der Waals surface area contributed by atoms with E-state index in [-0.39, 0.29) is 17.5 Å². The van der Waals surface area contributed by atoms with E-state index in [2.05, 4.69) is 10.0 Å². The smallest absolute Gasteiger partial charge is 0.323 e. The Bertz CT molecular complexity index is 586. The number of esters is 1. The Labute approximate surface area is 125 Å². The molecule has 2 atom stereocenters. The second-order valence-electron chi connectivity index (χ2n) is 4.68. The van der Waals surface area contributed by atoms with Crippen LogP contribution in [0, 0.1) is 0 Å². The Kier molecular flexibility index (Phi) is 6.32. The minimum atomic E-state index is -3.77. The molecule has 1 rings (SSSR count). The highest BCUT2D eigenvalue weighted by molar-refractivity contribution is 7.89. The monoisotopic (exact) mass is 314 g/mol. The summed E-state index contributed by atoms with van der Waals surface area (Å²) >= 11 is 0. The zero-order chi connectivity index (χ0) is 16.0. The molecule has 2 N–H and O–H groups in total. The van der Waals surface area contributed by atoms with Gasteiger partial charge in [0.2, 0.25) is 10.0 Å². The van der Waals surface area contributed by atoms with Crippen molar-refractivity contribution < 1.29 is 17.9 Å². The van der Waals surface area contributed by atoms with Crippen LogP contribution in [0.25, 0.3) is 0 Å². The molecule has 0 amide bonds. The first kappa shape index (κ1) is 17.6. The molecule has 0 aliphatic carbocycles. The van der Waals surface area contributed by atoms with E-state index in [1.807, 2.05) is 13.0 Å². The fourth-order valence-electron chi connectivity index (χ4n) is 1.73. The van der Waals surface area contributed by atoms with Crippen molar-refractivity contribution >= 4 is 16.0 Å². The van der Waals surface area contributed by atoms with Gasteiger partial charge in [0.1, 0.15) is 6.04 Å². The number of carbonyl (C=O) groups is 1. The summed E-state index contributed by atoms with van der Waals surface area (Å²) in [6.45, 7) is 5.26. The molecule has 0 aliphatic heterocycles. The number of hydrogen-bond acceptors (Lipinski definition) is 5. The molecule has 0 bridgehead atoms. The quantitative estimate of drug-likeness (QED) is 0.739. The van der Waals surface area contributed by atoms with E-state index in [4.69, 9.17) is 4.74 Å². The Morgan fingerprint density at radius 1 is 1.33 bits per heavy atom. The molecule has 0 heterocycles. The Morgan fingerprint density at radius 2 is 2.00 bits per heavy atom. The van der Waals surface area contributed by atoms with Crippen LogP contribution in [-0.4, -0.2) is 34.1 Å². The number of rotatable bonds is 7. The molecule has 2 unspecified atom stereocenters. The number of nitrogens with one attached hydrogen (secondary N) is 2. The summed E-state index contributed by atoms with van der Waals surface area (Å²) in [6.07, 6.45) is 0. The van der Waals surface area contributed by atoms with Crippen LogP contribution in [-0.2, 0) is 19.6 Å². The third-order valence-corrected chi connectivity index (χ3v) is 4.61. The van der Waals surface area contributed by atoms with Crippen molar-refractivity contribution in [2.24, 2.45) is 0 Å². The lowest BCUT2D eigenvalue weighted by molar-refractivity contribution is -0.144. The largest absolute Gasteiger partial charge is 0.465 e. The van der Waals surface area contributed by atoms with Crippen molar-refractivity contribution in [2.45, 2.75) is 37.8 Å². The Hall–Kier alpha value is -1.44. The van der Waals surface area contributed by atoms with Gasteiger partial charge in [0.15, 0.2) is 0 Å². The molecule has 21 heavy (non-hydrogen) atoms. The van der Waals surface area contributed by atoms with E-state index in [9.17, 15) is 13.2 Å². The highest BCUT2D eigenvalue weighted by atomic mass is 32.2. The van der Waals surface area contributed by atoms with Gasteiger partial charge in [-0.2, -0.15) is 4.72 Å². The van der Waals surface area contributed by atoms with Crippen molar-refractivity contribution in [2.75, 3.05) is 13.7 Å². The Morgan fingerprint density at radius 3 is 2.57 bits per heavy atom. The van der Waals surface area contributed by atoms with Gasteiger partial charge in [0, 0.05) is 6.04 Å². The van der Waals surface area contributed by atoms with Crippen LogP contribution >= 0.6 is 0 Å². The lowest BCUT2D eigenvalue weighted by Gasteiger charge is -2.15. The van der Waals surface area contributed by atoms with E-state index in [0.717, 1.165) is 5.56 Å². The predicted octanol–water partition coefficient (Wildman–Crippen LogP) is 1.20. The van der Waals surface area contributed by atoms with Crippen LogP contribution in [0.4, 0.5) is 0 Å². The Balaban J connectivity index is 2.95. The molecular weight excluding hydrogens is 292 g/mol. The second kappa shape index (κ2) is 7.53. The van der Waals surface area contributed by atoms with Crippen LogP contribution in [0.15, 0.2) is 29.2 Å². The molecule has 1 aromatic rings. The minimum absolute atomic E-state index is 0.0302. The van der Waals surface area contributed by atoms with Gasteiger partial charge in [-0.05, 0) is 45.5 Å². The lowest BCUT2D eigenvalue weighted by Crippen LogP contribution is -2.39. The highest BCUT2D eigenvalue weighted by Crippen LogP contribution is 2.17. The van der Waals surface area contributed by atoms with E-state index in [1.165, 1.54) is 13.0 Å². The van der Waals surface area contributed by atoms with E-state index >= 15 is 0 Å². The third-order valence-electron chi connectivity index (χ3n) is 3.07. The SMILES string of the molecule is CCOC(=O)C(C)NS(=O)(=O)c1cccc(C(C)NC)c1. The number of ether oxygens (including phenoxy) is 1. The number of benzene rings is 1. The second-order valence-corrected chi connectivity index (χ2v) is 6.39. The van der Waals surface area contributed by atoms with Gasteiger partial charge < -0.3 is 10.1 Å². The average Bonchev–Trinajstić information content (AvgIpc) is 2.46. The molecule has 0 aromatic heterocycles. The summed E-state index contributed by atoms with van der Waals surface area (Å²) in [7, 11) is -1.97. The fraction of sp³-hybridized carbons (Fsp3) is 0.500. The summed E-state index contributed by atoms with van der Waals surface area (Å²) in [6, 6.07) is 5.69. The highest BCUT2D eigenvalue weighted by Gasteiger charge is 2.23. The van der Waals surface area contributed by atoms with Crippen LogP contribution < -0.4 is 10.0 Å². The number of carbonyl (C=O) groups excluding carboxylic acids is 1. The van der Waals surface area contributed by atoms with Crippen LogP contribution in [0.2, 0.25) is 0 Å². The van der Waals surface area contributed by atoms with E-state index in [0.29, 0.717) is 0 Å². The van der Waals surface area contributed by atoms with Gasteiger partial charge in [-0.1, -0.05) is 12.1 Å². The normalized spacial score (nSPS) is 14.5. The molecule has 0 aliphatic rings. The van der Waals surface area contributed by atoms with Crippen molar-refractivity contribution in [1.29, 1.82) is 0 Å². The van der Waals surface area contributed by atoms with E-state index in [1.54, 1.807) is 26.1 Å². The third kappa shape index (κ3) is 4.80. The molecule has 7 heteroatoms. The maximum atomic E-state index is 12.3. The molecule has 0 radical (unpaired) electrons. The van der Waals surface area contributed by atoms with Crippen LogP contribution in [0.5, 0.6) is 0 Å². The average molecular weight is 314 g/mol. The van der Waals surface area contributed by atoms with Gasteiger partial charge in [0.25, 0.3) is 0 Å². The lowest BCUT2D eigenvalue weighted by atomic mass is 10.1. The van der Waals surface area contributed by atoms with Crippen molar-refractivity contribution in [3.63, 3.8) is 0 Å². The molecule has 0 saturated carbocycles. The number of sulfonamides is 1. The van der Waals surface area contributed by atoms with Gasteiger partial charge in [-0.15, -0.1) is 0 Å². The van der Waals surface area contributed by atoms with Crippen LogP contribution in [0.1, 0.15) is 32.4 Å². The van der Waals surface area contributed by atoms with Crippen molar-refractivity contribution in [3.05, 3.63) is 29.8 Å². The van der Waals surface area contributed by atoms with Crippen molar-refractivity contribution in [3.8, 4) is 0 Å². The molecule has 0 spiro atoms. The molecule has 1 aromatic carbocycles. The molecule has 118 valence electrons. The molecular formula is C14H22N2O4S. The first-order chi connectivity index (χ1) is 9.81. The van der Waals surface area contributed by atoms with Gasteiger partial charge in [-0.3, -0.25) is 4.79 Å². The number of hydrogen-bond donors (Lipinski definition) is 2. The molecule has 0 saturated heterocycles. The summed E-state index contributed by atoms with van der Waals surface area (Å²) in [5.74, 6) is -0.596. The topological polar surface area (TPSA) is 84.5 Å². The molecule has 0 fully saturated rings. The van der Waals surface area contributed by atoms with Gasteiger partial charge in [0.05, 0.1) is 11.5 Å². The minimum Gasteiger partial charge on any atom is -0.465 e. The van der Waals surface area contributed by atoms with Crippen molar-refractivity contribution in [1.82, 2.24) is 10.0 Å². The summed E-state index contributed by atoms with van der Waals surface area (Å²) in [4.78, 5) is 11.6. The maximum Gasteiger partial charge on any atom is 0.323 e. The standard InChI is InChI=1S/C14H22N2O4S/c1-5-20-14(17)11(3)16-21(18,19)13-8-6-7-12(9-13)10(2)15-4/h6-11,15-16H,5H2,1-4H3. The predicted molar refractivity (Wildman–Crippen MR) is 80.3 cm³/mol. The first-order valence-electron chi connectivity index (χ1n) is 6.78.